The van der Waals surface area contributed by atoms with Crippen molar-refractivity contribution in [2.24, 2.45) is 0 Å². The first-order valence-corrected chi connectivity index (χ1v) is 9.41. The molecule has 7 heteroatoms. The summed E-state index contributed by atoms with van der Waals surface area (Å²) in [6.07, 6.45) is 3.91. The number of fused-ring (bicyclic) bond motifs is 1. The molecule has 0 fully saturated rings. The van der Waals surface area contributed by atoms with Crippen LogP contribution in [-0.4, -0.2) is 26.1 Å². The first kappa shape index (κ1) is 18.6. The molecule has 1 aromatic heterocycles. The summed E-state index contributed by atoms with van der Waals surface area (Å²) in [7, 11) is 0. The smallest absolute Gasteiger partial charge is 0.255 e. The lowest BCUT2D eigenvalue weighted by atomic mass is 10.00. The maximum Gasteiger partial charge on any atom is 0.255 e. The van der Waals surface area contributed by atoms with Crippen LogP contribution in [0.25, 0.3) is 6.08 Å². The number of rotatable bonds is 4. The van der Waals surface area contributed by atoms with Crippen molar-refractivity contribution in [2.75, 3.05) is 10.6 Å². The van der Waals surface area contributed by atoms with E-state index in [9.17, 15) is 4.79 Å². The second-order valence-electron chi connectivity index (χ2n) is 7.03. The third-order valence-corrected chi connectivity index (χ3v) is 5.12. The van der Waals surface area contributed by atoms with Crippen LogP contribution >= 0.6 is 0 Å². The van der Waals surface area contributed by atoms with Crippen LogP contribution in [0.2, 0.25) is 0 Å². The standard InChI is InChI=1S/C22H22N6O/c1-14-8-7-11-18(15(14)2)24-21(29)20-16(3)23-22-25-26-27-28(22)19(20)13-12-17-9-5-4-6-10-17/h4-13,19H,1-3H3,(H,24,29)(H,23,25,27)/b13-12+. The Morgan fingerprint density at radius 3 is 2.69 bits per heavy atom. The molecule has 1 aliphatic heterocycles. The number of tetrazole rings is 1. The Labute approximate surface area is 169 Å². The number of hydrogen-bond donors (Lipinski definition) is 2. The minimum absolute atomic E-state index is 0.187. The van der Waals surface area contributed by atoms with Gasteiger partial charge in [-0.3, -0.25) is 4.79 Å². The van der Waals surface area contributed by atoms with E-state index in [2.05, 4.69) is 26.2 Å². The van der Waals surface area contributed by atoms with Gasteiger partial charge in [-0.2, -0.15) is 4.68 Å². The van der Waals surface area contributed by atoms with E-state index >= 15 is 0 Å². The average Bonchev–Trinajstić information content (AvgIpc) is 3.18. The number of nitrogens with one attached hydrogen (secondary N) is 2. The highest BCUT2D eigenvalue weighted by molar-refractivity contribution is 6.06. The fourth-order valence-electron chi connectivity index (χ4n) is 3.37. The van der Waals surface area contributed by atoms with Crippen LogP contribution in [-0.2, 0) is 4.79 Å². The molecule has 0 aliphatic carbocycles. The van der Waals surface area contributed by atoms with Gasteiger partial charge in [-0.1, -0.05) is 59.7 Å². The quantitative estimate of drug-likeness (QED) is 0.711. The van der Waals surface area contributed by atoms with E-state index in [0.29, 0.717) is 11.5 Å². The molecule has 3 aromatic rings. The van der Waals surface area contributed by atoms with E-state index in [0.717, 1.165) is 28.1 Å². The molecule has 1 aliphatic rings. The molecule has 7 nitrogen and oxygen atoms in total. The van der Waals surface area contributed by atoms with Gasteiger partial charge in [0.15, 0.2) is 0 Å². The molecular weight excluding hydrogens is 364 g/mol. The van der Waals surface area contributed by atoms with Crippen molar-refractivity contribution >= 4 is 23.6 Å². The summed E-state index contributed by atoms with van der Waals surface area (Å²) in [5, 5.41) is 18.0. The van der Waals surface area contributed by atoms with E-state index in [4.69, 9.17) is 0 Å². The molecule has 2 heterocycles. The number of carbonyl (C=O) groups is 1. The van der Waals surface area contributed by atoms with Crippen LogP contribution in [0.1, 0.15) is 29.7 Å². The number of hydrogen-bond acceptors (Lipinski definition) is 5. The third kappa shape index (κ3) is 3.67. The number of carbonyl (C=O) groups excluding carboxylic acids is 1. The van der Waals surface area contributed by atoms with Crippen molar-refractivity contribution in [2.45, 2.75) is 26.8 Å². The fourth-order valence-corrected chi connectivity index (χ4v) is 3.37. The molecule has 1 amide bonds. The number of amides is 1. The Balaban J connectivity index is 1.70. The lowest BCUT2D eigenvalue weighted by Gasteiger charge is -2.26. The fraction of sp³-hybridized carbons (Fsp3) is 0.182. The van der Waals surface area contributed by atoms with Gasteiger partial charge in [-0.15, -0.1) is 0 Å². The molecule has 0 spiro atoms. The van der Waals surface area contributed by atoms with Crippen molar-refractivity contribution in [1.29, 1.82) is 0 Å². The number of benzene rings is 2. The van der Waals surface area contributed by atoms with Crippen molar-refractivity contribution in [3.05, 3.63) is 82.6 Å². The van der Waals surface area contributed by atoms with Gasteiger partial charge in [0.1, 0.15) is 6.04 Å². The predicted molar refractivity (Wildman–Crippen MR) is 113 cm³/mol. The second-order valence-corrected chi connectivity index (χ2v) is 7.03. The summed E-state index contributed by atoms with van der Waals surface area (Å²) in [6.45, 7) is 5.88. The van der Waals surface area contributed by atoms with Gasteiger partial charge in [-0.25, -0.2) is 0 Å². The monoisotopic (exact) mass is 386 g/mol. The van der Waals surface area contributed by atoms with Crippen LogP contribution in [0.4, 0.5) is 11.6 Å². The number of nitrogens with zero attached hydrogens (tertiary/aromatic N) is 4. The molecule has 0 saturated carbocycles. The van der Waals surface area contributed by atoms with Gasteiger partial charge in [-0.05, 0) is 54.0 Å². The van der Waals surface area contributed by atoms with E-state index in [1.54, 1.807) is 4.68 Å². The van der Waals surface area contributed by atoms with Crippen molar-refractivity contribution in [3.8, 4) is 0 Å². The van der Waals surface area contributed by atoms with Crippen molar-refractivity contribution in [3.63, 3.8) is 0 Å². The van der Waals surface area contributed by atoms with Gasteiger partial charge in [0.2, 0.25) is 5.95 Å². The highest BCUT2D eigenvalue weighted by atomic mass is 16.1. The Morgan fingerprint density at radius 1 is 1.10 bits per heavy atom. The topological polar surface area (TPSA) is 84.7 Å². The normalized spacial score (nSPS) is 15.9. The molecule has 0 saturated heterocycles. The average molecular weight is 386 g/mol. The van der Waals surface area contributed by atoms with Gasteiger partial charge in [0.25, 0.3) is 5.91 Å². The van der Waals surface area contributed by atoms with Crippen LogP contribution in [0.15, 0.2) is 65.9 Å². The van der Waals surface area contributed by atoms with Crippen LogP contribution < -0.4 is 10.6 Å². The summed E-state index contributed by atoms with van der Waals surface area (Å²) >= 11 is 0. The molecule has 29 heavy (non-hydrogen) atoms. The maximum absolute atomic E-state index is 13.3. The number of aryl methyl sites for hydroxylation is 1. The summed E-state index contributed by atoms with van der Waals surface area (Å²) in [6, 6.07) is 15.4. The first-order chi connectivity index (χ1) is 14.0. The van der Waals surface area contributed by atoms with Crippen LogP contribution in [0.3, 0.4) is 0 Å². The maximum atomic E-state index is 13.3. The van der Waals surface area contributed by atoms with Crippen LogP contribution in [0, 0.1) is 13.8 Å². The number of aromatic nitrogens is 4. The molecule has 1 unspecified atom stereocenters. The Kier molecular flexibility index (Phi) is 4.95. The molecule has 0 radical (unpaired) electrons. The van der Waals surface area contributed by atoms with Crippen LogP contribution in [0.5, 0.6) is 0 Å². The summed E-state index contributed by atoms with van der Waals surface area (Å²) in [5.41, 5.74) is 5.29. The van der Waals surface area contributed by atoms with Crippen molar-refractivity contribution in [1.82, 2.24) is 20.2 Å². The highest BCUT2D eigenvalue weighted by Crippen LogP contribution is 2.31. The zero-order valence-electron chi connectivity index (χ0n) is 16.5. The number of anilines is 2. The van der Waals surface area contributed by atoms with Crippen molar-refractivity contribution < 1.29 is 4.79 Å². The zero-order valence-corrected chi connectivity index (χ0v) is 16.5. The van der Waals surface area contributed by atoms with E-state index in [-0.39, 0.29) is 5.91 Å². The van der Waals surface area contributed by atoms with Gasteiger partial charge >= 0.3 is 0 Å². The van der Waals surface area contributed by atoms with E-state index in [1.807, 2.05) is 81.5 Å². The predicted octanol–water partition coefficient (Wildman–Crippen LogP) is 3.88. The molecule has 1 atom stereocenters. The molecule has 2 N–H and O–H groups in total. The van der Waals surface area contributed by atoms with E-state index < -0.39 is 6.04 Å². The van der Waals surface area contributed by atoms with Gasteiger partial charge < -0.3 is 10.6 Å². The molecule has 4 rings (SSSR count). The van der Waals surface area contributed by atoms with E-state index in [1.165, 1.54) is 0 Å². The minimum atomic E-state index is -0.424. The Hall–Kier alpha value is -3.74. The Morgan fingerprint density at radius 2 is 1.90 bits per heavy atom. The highest BCUT2D eigenvalue weighted by Gasteiger charge is 2.31. The SMILES string of the molecule is CC1=C(C(=O)Nc2cccc(C)c2C)C(/C=C/c2ccccc2)n2nnnc2N1. The lowest BCUT2D eigenvalue weighted by molar-refractivity contribution is -0.113. The lowest BCUT2D eigenvalue weighted by Crippen LogP contribution is -2.30. The molecule has 2 aromatic carbocycles. The van der Waals surface area contributed by atoms with Gasteiger partial charge in [0, 0.05) is 11.4 Å². The third-order valence-electron chi connectivity index (χ3n) is 5.12. The summed E-state index contributed by atoms with van der Waals surface area (Å²) in [4.78, 5) is 13.3. The first-order valence-electron chi connectivity index (χ1n) is 9.41. The molecule has 146 valence electrons. The largest absolute Gasteiger partial charge is 0.326 e. The second kappa shape index (κ2) is 7.71. The molecular formula is C22H22N6O. The minimum Gasteiger partial charge on any atom is -0.326 e. The molecule has 0 bridgehead atoms. The van der Waals surface area contributed by atoms with Gasteiger partial charge in [0.05, 0.1) is 5.57 Å². The number of allylic oxidation sites excluding steroid dienone is 2. The Bertz CT molecular complexity index is 1110. The zero-order chi connectivity index (χ0) is 20.4. The summed E-state index contributed by atoms with van der Waals surface area (Å²) in [5.74, 6) is 0.320. The summed E-state index contributed by atoms with van der Waals surface area (Å²) < 4.78 is 1.62.